The Morgan fingerprint density at radius 2 is 0.333 bits per heavy atom. The molecular weight excluding hydrogens is 1320 g/mol. The van der Waals surface area contributed by atoms with Gasteiger partial charge in [-0.15, -0.1) is 0 Å². The number of nitrogens with zero attached hydrogens (tertiary/aromatic N) is 10. The first kappa shape index (κ1) is 66.5. The van der Waals surface area contributed by atoms with Crippen molar-refractivity contribution >= 4 is 0 Å². The maximum absolute atomic E-state index is 4.75. The molecule has 108 heavy (non-hydrogen) atoms. The topological polar surface area (TPSA) is 129 Å². The van der Waals surface area contributed by atoms with Gasteiger partial charge in [-0.1, -0.05) is 158 Å². The molecule has 0 aliphatic heterocycles. The van der Waals surface area contributed by atoms with Crippen molar-refractivity contribution in [1.29, 1.82) is 0 Å². The van der Waals surface area contributed by atoms with Gasteiger partial charge in [0.25, 0.3) is 0 Å². The largest absolute Gasteiger partial charge is 0.264 e. The molecule has 10 heteroatoms. The number of rotatable bonds is 16. The van der Waals surface area contributed by atoms with Crippen molar-refractivity contribution in [3.05, 3.63) is 402 Å². The van der Waals surface area contributed by atoms with Crippen molar-refractivity contribution in [2.45, 2.75) is 0 Å². The molecule has 0 spiro atoms. The van der Waals surface area contributed by atoms with Gasteiger partial charge in [0.1, 0.15) is 0 Å². The lowest BCUT2D eigenvalue weighted by atomic mass is 9.90. The molecule has 508 valence electrons. The molecule has 8 aromatic carbocycles. The summed E-state index contributed by atoms with van der Waals surface area (Å²) in [6, 6.07) is 110. The molecule has 0 unspecified atom stereocenters. The molecule has 10 aromatic heterocycles. The van der Waals surface area contributed by atoms with Gasteiger partial charge in [-0.3, -0.25) is 49.8 Å². The third-order valence-electron chi connectivity index (χ3n) is 19.1. The zero-order valence-corrected chi connectivity index (χ0v) is 58.6. The first-order chi connectivity index (χ1) is 53.5. The average Bonchev–Trinajstić information content (AvgIpc) is 0.787. The van der Waals surface area contributed by atoms with E-state index >= 15 is 0 Å². The Morgan fingerprint density at radius 1 is 0.111 bits per heavy atom. The van der Waals surface area contributed by atoms with E-state index in [1.165, 1.54) is 0 Å². The summed E-state index contributed by atoms with van der Waals surface area (Å²) in [5.41, 5.74) is 33.6. The minimum atomic E-state index is 0.850. The van der Waals surface area contributed by atoms with Crippen LogP contribution in [0.15, 0.2) is 402 Å². The Hall–Kier alpha value is -14.7. The van der Waals surface area contributed by atoms with E-state index in [1.807, 2.05) is 159 Å². The summed E-state index contributed by atoms with van der Waals surface area (Å²) in [5, 5.41) is 0. The molecule has 18 aromatic rings. The molecule has 0 atom stereocenters. The normalized spacial score (nSPS) is 11.0. The minimum Gasteiger partial charge on any atom is -0.264 e. The lowest BCUT2D eigenvalue weighted by molar-refractivity contribution is 1.25. The van der Waals surface area contributed by atoms with E-state index in [4.69, 9.17) is 9.97 Å². The highest BCUT2D eigenvalue weighted by atomic mass is 14.8. The first-order valence-electron chi connectivity index (χ1n) is 35.7. The zero-order chi connectivity index (χ0) is 72.2. The Kier molecular flexibility index (Phi) is 19.1. The first-order valence-corrected chi connectivity index (χ1v) is 35.7. The number of benzene rings is 8. The van der Waals surface area contributed by atoms with E-state index in [9.17, 15) is 0 Å². The third-order valence-corrected chi connectivity index (χ3v) is 19.1. The Morgan fingerprint density at radius 3 is 0.593 bits per heavy atom. The number of hydrogen-bond acceptors (Lipinski definition) is 10. The zero-order valence-electron chi connectivity index (χ0n) is 58.6. The van der Waals surface area contributed by atoms with Crippen LogP contribution in [0.2, 0.25) is 0 Å². The number of pyridine rings is 10. The minimum absolute atomic E-state index is 0.850. The molecule has 0 radical (unpaired) electrons. The van der Waals surface area contributed by atoms with Crippen molar-refractivity contribution in [2.24, 2.45) is 0 Å². The fraction of sp³-hybridized carbons (Fsp3) is 0. The summed E-state index contributed by atoms with van der Waals surface area (Å²) in [6.45, 7) is 0. The Labute approximate surface area is 627 Å². The quantitative estimate of drug-likeness (QED) is 0.0922. The van der Waals surface area contributed by atoms with Crippen LogP contribution in [0.25, 0.3) is 179 Å². The molecular formula is C98H66N10. The third kappa shape index (κ3) is 15.2. The van der Waals surface area contributed by atoms with Crippen LogP contribution in [0, 0.1) is 0 Å². The fourth-order valence-electron chi connectivity index (χ4n) is 13.6. The summed E-state index contributed by atoms with van der Waals surface area (Å²) < 4.78 is 0. The predicted molar refractivity (Wildman–Crippen MR) is 438 cm³/mol. The van der Waals surface area contributed by atoms with E-state index in [0.717, 1.165) is 179 Å². The molecule has 0 saturated heterocycles. The van der Waals surface area contributed by atoms with Crippen LogP contribution in [-0.2, 0) is 0 Å². The van der Waals surface area contributed by atoms with Gasteiger partial charge < -0.3 is 0 Å². The molecule has 10 heterocycles. The summed E-state index contributed by atoms with van der Waals surface area (Å²) in [6.07, 6.45) is 26.1. The Bertz CT molecular complexity index is 5860. The van der Waals surface area contributed by atoms with Crippen molar-refractivity contribution in [2.75, 3.05) is 0 Å². The molecule has 0 bridgehead atoms. The fourth-order valence-corrected chi connectivity index (χ4v) is 13.6. The van der Waals surface area contributed by atoms with Gasteiger partial charge in [-0.2, -0.15) is 0 Å². The van der Waals surface area contributed by atoms with E-state index in [-0.39, 0.29) is 0 Å². The maximum Gasteiger partial charge on any atom is 0.0886 e. The molecule has 0 saturated carbocycles. The van der Waals surface area contributed by atoms with E-state index < -0.39 is 0 Å². The second-order valence-electron chi connectivity index (χ2n) is 26.2. The number of hydrogen-bond donors (Lipinski definition) is 0. The van der Waals surface area contributed by atoms with Crippen LogP contribution in [-0.4, -0.2) is 49.8 Å². The maximum atomic E-state index is 4.75. The highest BCUT2D eigenvalue weighted by molar-refractivity contribution is 5.88. The van der Waals surface area contributed by atoms with Gasteiger partial charge in [-0.25, -0.2) is 0 Å². The van der Waals surface area contributed by atoms with Crippen molar-refractivity contribution in [3.63, 3.8) is 0 Å². The second-order valence-corrected chi connectivity index (χ2v) is 26.2. The smallest absolute Gasteiger partial charge is 0.0886 e. The molecule has 0 N–H and O–H groups in total. The summed E-state index contributed by atoms with van der Waals surface area (Å²) in [4.78, 5) is 45.4. The van der Waals surface area contributed by atoms with E-state index in [1.54, 1.807) is 24.8 Å². The monoisotopic (exact) mass is 1380 g/mol. The van der Waals surface area contributed by atoms with Gasteiger partial charge >= 0.3 is 0 Å². The van der Waals surface area contributed by atoms with Crippen LogP contribution >= 0.6 is 0 Å². The molecule has 10 nitrogen and oxygen atoms in total. The van der Waals surface area contributed by atoms with Gasteiger partial charge in [0.2, 0.25) is 0 Å². The van der Waals surface area contributed by atoms with Crippen LogP contribution in [0.5, 0.6) is 0 Å². The van der Waals surface area contributed by atoms with E-state index in [0.29, 0.717) is 0 Å². The standard InChI is InChI=1S/2C49H33N5/c1-3-23-51-46(16-1)48-20-18-41(32-53-48)35-10-6-13-38(26-35)44-28-43(37-12-5-9-34(25-37)40-15-8-22-50-31-40)29-45(30-44)39-14-7-11-36(27-39)42-19-21-49(54-33-42)47-17-2-4-24-52-47;1-3-19-53-48(16-1)46-27-44(30-51-32-46)38-13-6-11-36(22-38)42-24-41(35-10-5-9-34(21-35)40-15-8-18-50-29-40)25-43(26-42)37-12-7-14-39(23-37)45-28-47(33-52-31-45)49-17-2-4-20-54-49/h2*1-33H. The van der Waals surface area contributed by atoms with Crippen LogP contribution in [0.4, 0.5) is 0 Å². The summed E-state index contributed by atoms with van der Waals surface area (Å²) in [7, 11) is 0. The van der Waals surface area contributed by atoms with Crippen LogP contribution in [0.1, 0.15) is 0 Å². The SMILES string of the molecule is c1ccc(-c2ccc(-c3cccc(-c4cc(-c5cccc(-c6cccnc6)c5)cc(-c5cccc(-c6ccc(-c7ccccn7)nc6)c5)c4)c3)cn2)nc1.c1ccc(-c2cncc(-c3cccc(-c4cc(-c5cccc(-c6cccnc6)c5)cc(-c5cccc(-c6cncc(-c7ccccn7)c6)c5)c4)c3)c2)nc1. The number of aromatic nitrogens is 10. The summed E-state index contributed by atoms with van der Waals surface area (Å²) in [5.74, 6) is 0. The summed E-state index contributed by atoms with van der Waals surface area (Å²) >= 11 is 0. The van der Waals surface area contributed by atoms with Gasteiger partial charge in [-0.05, 0) is 258 Å². The second kappa shape index (κ2) is 31.1. The van der Waals surface area contributed by atoms with Crippen LogP contribution in [0.3, 0.4) is 0 Å². The molecule has 0 amide bonds. The Balaban J connectivity index is 0.000000158. The van der Waals surface area contributed by atoms with Crippen molar-refractivity contribution in [1.82, 2.24) is 49.8 Å². The molecule has 0 aliphatic rings. The lowest BCUT2D eigenvalue weighted by Crippen LogP contribution is -1.90. The van der Waals surface area contributed by atoms with Crippen molar-refractivity contribution < 1.29 is 0 Å². The average molecular weight is 1380 g/mol. The molecule has 18 rings (SSSR count). The molecule has 0 fully saturated rings. The van der Waals surface area contributed by atoms with Gasteiger partial charge in [0, 0.05) is 131 Å². The van der Waals surface area contributed by atoms with Crippen molar-refractivity contribution in [3.8, 4) is 179 Å². The van der Waals surface area contributed by atoms with Crippen LogP contribution < -0.4 is 0 Å². The van der Waals surface area contributed by atoms with E-state index in [2.05, 4.69) is 258 Å². The predicted octanol–water partition coefficient (Wildman–Crippen LogP) is 24.0. The highest BCUT2D eigenvalue weighted by Gasteiger charge is 2.16. The van der Waals surface area contributed by atoms with Gasteiger partial charge in [0.05, 0.1) is 34.2 Å². The highest BCUT2D eigenvalue weighted by Crippen LogP contribution is 2.41. The molecule has 0 aliphatic carbocycles. The van der Waals surface area contributed by atoms with Gasteiger partial charge in [0.15, 0.2) is 0 Å². The lowest BCUT2D eigenvalue weighted by Gasteiger charge is -2.14.